The van der Waals surface area contributed by atoms with Gasteiger partial charge in [-0.3, -0.25) is 19.7 Å². The number of nitrogens with one attached hydrogen (secondary N) is 1. The molecule has 3 amide bonds. The van der Waals surface area contributed by atoms with Crippen molar-refractivity contribution in [2.75, 3.05) is 6.54 Å². The number of rotatable bonds is 2. The van der Waals surface area contributed by atoms with Crippen molar-refractivity contribution >= 4 is 17.7 Å². The molecule has 2 rings (SSSR count). The molecule has 6 heteroatoms. The molecule has 1 unspecified atom stereocenters. The van der Waals surface area contributed by atoms with Gasteiger partial charge in [0, 0.05) is 0 Å². The van der Waals surface area contributed by atoms with E-state index in [1.54, 1.807) is 26.8 Å². The smallest absolute Gasteiger partial charge is 0.258 e. The summed E-state index contributed by atoms with van der Waals surface area (Å²) in [5.41, 5.74) is 0.401. The van der Waals surface area contributed by atoms with Crippen molar-refractivity contribution in [2.24, 2.45) is 0 Å². The van der Waals surface area contributed by atoms with Gasteiger partial charge >= 0.3 is 0 Å². The van der Waals surface area contributed by atoms with Crippen LogP contribution < -0.4 is 5.32 Å². The molecule has 0 saturated carbocycles. The van der Waals surface area contributed by atoms with E-state index in [1.807, 2.05) is 0 Å². The molecular formula is C13H16N2O4. The third kappa shape index (κ3) is 2.38. The van der Waals surface area contributed by atoms with Gasteiger partial charge in [-0.05, 0) is 26.3 Å². The van der Waals surface area contributed by atoms with E-state index < -0.39 is 17.9 Å². The van der Waals surface area contributed by atoms with Crippen LogP contribution in [0.5, 0.6) is 0 Å². The second kappa shape index (κ2) is 4.87. The van der Waals surface area contributed by atoms with Crippen LogP contribution in [-0.4, -0.2) is 35.2 Å². The molecule has 6 nitrogen and oxygen atoms in total. The first-order chi connectivity index (χ1) is 8.93. The summed E-state index contributed by atoms with van der Waals surface area (Å²) in [5.74, 6) is -0.104. The van der Waals surface area contributed by atoms with Crippen LogP contribution in [0, 0.1) is 13.8 Å². The number of hydrogen-bond acceptors (Lipinski definition) is 4. The molecule has 0 aliphatic carbocycles. The molecule has 0 spiro atoms. The molecule has 0 aromatic carbocycles. The van der Waals surface area contributed by atoms with E-state index in [-0.39, 0.29) is 12.5 Å². The van der Waals surface area contributed by atoms with Gasteiger partial charge in [0.15, 0.2) is 0 Å². The maximum atomic E-state index is 12.4. The van der Waals surface area contributed by atoms with Crippen molar-refractivity contribution in [3.8, 4) is 0 Å². The average Bonchev–Trinajstić information content (AvgIpc) is 2.66. The van der Waals surface area contributed by atoms with E-state index in [2.05, 4.69) is 5.32 Å². The lowest BCUT2D eigenvalue weighted by Crippen LogP contribution is -2.59. The molecule has 1 aliphatic rings. The highest BCUT2D eigenvalue weighted by Gasteiger charge is 2.36. The van der Waals surface area contributed by atoms with Crippen molar-refractivity contribution in [1.82, 2.24) is 10.2 Å². The van der Waals surface area contributed by atoms with Gasteiger partial charge in [0.25, 0.3) is 5.91 Å². The summed E-state index contributed by atoms with van der Waals surface area (Å²) in [4.78, 5) is 36.9. The largest absolute Gasteiger partial charge is 0.466 e. The van der Waals surface area contributed by atoms with Crippen LogP contribution >= 0.6 is 0 Å². The second-order valence-electron chi connectivity index (χ2n) is 4.60. The van der Waals surface area contributed by atoms with Crippen LogP contribution in [-0.2, 0) is 9.59 Å². The molecule has 1 aromatic heterocycles. The number of piperazine rings is 1. The van der Waals surface area contributed by atoms with Gasteiger partial charge < -0.3 is 9.32 Å². The molecule has 19 heavy (non-hydrogen) atoms. The average molecular weight is 264 g/mol. The minimum Gasteiger partial charge on any atom is -0.466 e. The van der Waals surface area contributed by atoms with E-state index in [9.17, 15) is 14.4 Å². The van der Waals surface area contributed by atoms with Gasteiger partial charge in [0.2, 0.25) is 11.8 Å². The maximum Gasteiger partial charge on any atom is 0.258 e. The summed E-state index contributed by atoms with van der Waals surface area (Å²) in [6.45, 7) is 5.13. The highest BCUT2D eigenvalue weighted by Crippen LogP contribution is 2.19. The van der Waals surface area contributed by atoms with Gasteiger partial charge in [-0.1, -0.05) is 6.92 Å². The number of nitrogens with zero attached hydrogens (tertiary/aromatic N) is 1. The van der Waals surface area contributed by atoms with E-state index in [0.717, 1.165) is 0 Å². The molecule has 0 radical (unpaired) electrons. The molecule has 0 bridgehead atoms. The summed E-state index contributed by atoms with van der Waals surface area (Å²) in [6.07, 6.45) is 0.459. The summed E-state index contributed by atoms with van der Waals surface area (Å²) in [6, 6.07) is 1.02. The van der Waals surface area contributed by atoms with E-state index in [0.29, 0.717) is 23.5 Å². The van der Waals surface area contributed by atoms with Gasteiger partial charge in [0.1, 0.15) is 24.1 Å². The molecule has 102 valence electrons. The van der Waals surface area contributed by atoms with Crippen LogP contribution in [0.15, 0.2) is 10.5 Å². The highest BCUT2D eigenvalue weighted by atomic mass is 16.3. The Labute approximate surface area is 110 Å². The van der Waals surface area contributed by atoms with E-state index >= 15 is 0 Å². The standard InChI is InChI=1S/C13H16N2O4/c1-4-10-12(17)14-11(16)6-15(10)13(18)9-5-7(2)19-8(9)3/h5,10H,4,6H2,1-3H3,(H,14,16,17). The molecule has 1 fully saturated rings. The molecule has 2 heterocycles. The first-order valence-electron chi connectivity index (χ1n) is 6.15. The Bertz CT molecular complexity index is 547. The number of furan rings is 1. The number of imide groups is 1. The molecule has 1 atom stereocenters. The monoisotopic (exact) mass is 264 g/mol. The molecule has 1 N–H and O–H groups in total. The Kier molecular flexibility index (Phi) is 3.42. The zero-order chi connectivity index (χ0) is 14.2. The van der Waals surface area contributed by atoms with Crippen molar-refractivity contribution in [3.63, 3.8) is 0 Å². The number of aryl methyl sites for hydroxylation is 2. The number of carbonyl (C=O) groups is 3. The first-order valence-corrected chi connectivity index (χ1v) is 6.15. The quantitative estimate of drug-likeness (QED) is 0.800. The Hall–Kier alpha value is -2.11. The zero-order valence-electron chi connectivity index (χ0n) is 11.1. The predicted molar refractivity (Wildman–Crippen MR) is 66.4 cm³/mol. The Balaban J connectivity index is 2.32. The Morgan fingerprint density at radius 2 is 2.16 bits per heavy atom. The van der Waals surface area contributed by atoms with Gasteiger partial charge in [-0.25, -0.2) is 0 Å². The molecule has 1 aliphatic heterocycles. The molecule has 1 saturated heterocycles. The normalized spacial score (nSPS) is 19.5. The van der Waals surface area contributed by atoms with E-state index in [1.165, 1.54) is 4.90 Å². The topological polar surface area (TPSA) is 79.6 Å². The van der Waals surface area contributed by atoms with Crippen LogP contribution in [0.4, 0.5) is 0 Å². The van der Waals surface area contributed by atoms with Crippen LogP contribution in [0.25, 0.3) is 0 Å². The maximum absolute atomic E-state index is 12.4. The van der Waals surface area contributed by atoms with E-state index in [4.69, 9.17) is 4.42 Å². The SMILES string of the molecule is CCC1C(=O)NC(=O)CN1C(=O)c1cc(C)oc1C. The number of hydrogen-bond donors (Lipinski definition) is 1. The fourth-order valence-corrected chi connectivity index (χ4v) is 2.28. The van der Waals surface area contributed by atoms with Gasteiger partial charge in [-0.2, -0.15) is 0 Å². The van der Waals surface area contributed by atoms with Crippen LogP contribution in [0.3, 0.4) is 0 Å². The van der Waals surface area contributed by atoms with Crippen molar-refractivity contribution < 1.29 is 18.8 Å². The lowest BCUT2D eigenvalue weighted by Gasteiger charge is -2.33. The number of amides is 3. The first kappa shape index (κ1) is 13.3. The minimum absolute atomic E-state index is 0.104. The Morgan fingerprint density at radius 3 is 2.68 bits per heavy atom. The van der Waals surface area contributed by atoms with Crippen LogP contribution in [0.2, 0.25) is 0 Å². The fraction of sp³-hybridized carbons (Fsp3) is 0.462. The van der Waals surface area contributed by atoms with Gasteiger partial charge in [-0.15, -0.1) is 0 Å². The third-order valence-corrected chi connectivity index (χ3v) is 3.17. The summed E-state index contributed by atoms with van der Waals surface area (Å²) in [7, 11) is 0. The lowest BCUT2D eigenvalue weighted by atomic mass is 10.1. The summed E-state index contributed by atoms with van der Waals surface area (Å²) in [5, 5.41) is 2.24. The van der Waals surface area contributed by atoms with Crippen molar-refractivity contribution in [2.45, 2.75) is 33.2 Å². The number of carbonyl (C=O) groups excluding carboxylic acids is 3. The predicted octanol–water partition coefficient (Wildman–Crippen LogP) is 0.774. The van der Waals surface area contributed by atoms with Crippen LogP contribution in [0.1, 0.15) is 35.2 Å². The van der Waals surface area contributed by atoms with Crippen molar-refractivity contribution in [1.29, 1.82) is 0 Å². The van der Waals surface area contributed by atoms with Gasteiger partial charge in [0.05, 0.1) is 5.56 Å². The van der Waals surface area contributed by atoms with Crippen molar-refractivity contribution in [3.05, 3.63) is 23.2 Å². The minimum atomic E-state index is -0.611. The Morgan fingerprint density at radius 1 is 1.47 bits per heavy atom. The zero-order valence-corrected chi connectivity index (χ0v) is 11.1. The molecule has 1 aromatic rings. The highest BCUT2D eigenvalue weighted by molar-refractivity contribution is 6.07. The summed E-state index contributed by atoms with van der Waals surface area (Å²) < 4.78 is 5.32. The molecular weight excluding hydrogens is 248 g/mol. The fourth-order valence-electron chi connectivity index (χ4n) is 2.28. The third-order valence-electron chi connectivity index (χ3n) is 3.17. The summed E-state index contributed by atoms with van der Waals surface area (Å²) >= 11 is 0. The second-order valence-corrected chi connectivity index (χ2v) is 4.60. The lowest BCUT2D eigenvalue weighted by molar-refractivity contribution is -0.138.